The molecule has 2 rings (SSSR count). The van der Waals surface area contributed by atoms with Gasteiger partial charge in [-0.3, -0.25) is 0 Å². The molecule has 1 heterocycles. The van der Waals surface area contributed by atoms with Crippen molar-refractivity contribution in [2.75, 3.05) is 6.61 Å². The number of carbonyl (C=O) groups is 1. The van der Waals surface area contributed by atoms with Crippen LogP contribution in [0.15, 0.2) is 16.6 Å². The molecule has 0 saturated carbocycles. The number of hydrogen-bond acceptors (Lipinski definition) is 4. The molecule has 0 radical (unpaired) electrons. The predicted octanol–water partition coefficient (Wildman–Crippen LogP) is 3.34. The van der Waals surface area contributed by atoms with Crippen molar-refractivity contribution < 1.29 is 14.3 Å². The van der Waals surface area contributed by atoms with Gasteiger partial charge in [-0.2, -0.15) is 0 Å². The Morgan fingerprint density at radius 2 is 2.14 bits per heavy atom. The van der Waals surface area contributed by atoms with Crippen LogP contribution in [-0.2, 0) is 16.1 Å². The van der Waals surface area contributed by atoms with Crippen LogP contribution < -0.4 is 10.1 Å². The number of aryl methyl sites for hydroxylation is 1. The summed E-state index contributed by atoms with van der Waals surface area (Å²) in [5.41, 5.74) is 2.06. The molecule has 0 aromatic heterocycles. The Bertz CT molecular complexity index is 537. The number of cyclic esters (lactones) is 1. The molecule has 5 heteroatoms. The highest BCUT2D eigenvalue weighted by Gasteiger charge is 2.29. The van der Waals surface area contributed by atoms with Crippen molar-refractivity contribution in [3.8, 4) is 5.75 Å². The molecule has 1 saturated heterocycles. The molecule has 1 aliphatic rings. The molecule has 1 aromatic rings. The summed E-state index contributed by atoms with van der Waals surface area (Å²) < 4.78 is 11.9. The van der Waals surface area contributed by atoms with Crippen molar-refractivity contribution in [2.45, 2.75) is 52.3 Å². The molecular weight excluding hydrogens is 334 g/mol. The average Bonchev–Trinajstić information content (AvgIpc) is 2.75. The molecule has 21 heavy (non-hydrogen) atoms. The monoisotopic (exact) mass is 355 g/mol. The Balaban J connectivity index is 2.23. The van der Waals surface area contributed by atoms with Crippen molar-refractivity contribution in [1.82, 2.24) is 5.32 Å². The summed E-state index contributed by atoms with van der Waals surface area (Å²) in [5, 5.41) is 3.45. The van der Waals surface area contributed by atoms with E-state index in [9.17, 15) is 4.79 Å². The number of esters is 1. The van der Waals surface area contributed by atoms with E-state index in [0.29, 0.717) is 19.6 Å². The molecule has 1 aliphatic heterocycles. The minimum absolute atomic E-state index is 0.0137. The van der Waals surface area contributed by atoms with E-state index in [1.165, 1.54) is 0 Å². The standard InChI is InChI=1S/C16H22BrNO3/c1-10-7-12(17)8-11(9-18-16(2,3)4)14(10)21-13-5-6-20-15(13)19/h7-8,13,18H,5-6,9H2,1-4H3. The zero-order chi connectivity index (χ0) is 15.6. The lowest BCUT2D eigenvalue weighted by Gasteiger charge is -2.23. The van der Waals surface area contributed by atoms with Crippen LogP contribution in [0, 0.1) is 6.92 Å². The second-order valence-corrected chi connectivity index (χ2v) is 7.29. The van der Waals surface area contributed by atoms with Crippen LogP contribution in [0.25, 0.3) is 0 Å². The van der Waals surface area contributed by atoms with E-state index in [1.807, 2.05) is 19.1 Å². The number of ether oxygens (including phenoxy) is 2. The largest absolute Gasteiger partial charge is 0.478 e. The number of halogens is 1. The maximum atomic E-state index is 11.6. The highest BCUT2D eigenvalue weighted by molar-refractivity contribution is 9.10. The molecular formula is C16H22BrNO3. The number of benzene rings is 1. The Labute approximate surface area is 134 Å². The van der Waals surface area contributed by atoms with E-state index in [0.717, 1.165) is 21.3 Å². The molecule has 1 aromatic carbocycles. The summed E-state index contributed by atoms with van der Waals surface area (Å²) in [5.74, 6) is 0.505. The smallest absolute Gasteiger partial charge is 0.347 e. The second kappa shape index (κ2) is 6.36. The van der Waals surface area contributed by atoms with Crippen LogP contribution in [0.4, 0.5) is 0 Å². The molecule has 0 bridgehead atoms. The van der Waals surface area contributed by atoms with Gasteiger partial charge in [-0.15, -0.1) is 0 Å². The summed E-state index contributed by atoms with van der Waals surface area (Å²) in [6, 6.07) is 4.03. The van der Waals surface area contributed by atoms with Crippen molar-refractivity contribution in [3.05, 3.63) is 27.7 Å². The lowest BCUT2D eigenvalue weighted by molar-refractivity contribution is -0.143. The lowest BCUT2D eigenvalue weighted by atomic mass is 10.1. The lowest BCUT2D eigenvalue weighted by Crippen LogP contribution is -2.35. The number of hydrogen-bond donors (Lipinski definition) is 1. The van der Waals surface area contributed by atoms with Gasteiger partial charge in [-0.05, 0) is 45.4 Å². The first-order chi connectivity index (χ1) is 9.76. The maximum Gasteiger partial charge on any atom is 0.347 e. The molecule has 0 aliphatic carbocycles. The summed E-state index contributed by atoms with van der Waals surface area (Å²) >= 11 is 3.52. The van der Waals surface area contributed by atoms with E-state index >= 15 is 0 Å². The first kappa shape index (κ1) is 16.3. The van der Waals surface area contributed by atoms with Gasteiger partial charge in [0.2, 0.25) is 0 Å². The maximum absolute atomic E-state index is 11.6. The van der Waals surface area contributed by atoms with E-state index in [4.69, 9.17) is 9.47 Å². The summed E-state index contributed by atoms with van der Waals surface area (Å²) in [7, 11) is 0. The van der Waals surface area contributed by atoms with E-state index in [-0.39, 0.29) is 11.5 Å². The number of nitrogens with one attached hydrogen (secondary N) is 1. The predicted molar refractivity (Wildman–Crippen MR) is 85.5 cm³/mol. The highest BCUT2D eigenvalue weighted by Crippen LogP contribution is 2.30. The van der Waals surface area contributed by atoms with Crippen LogP contribution in [0.1, 0.15) is 38.3 Å². The fourth-order valence-corrected chi connectivity index (χ4v) is 2.81. The van der Waals surface area contributed by atoms with Gasteiger partial charge in [0.05, 0.1) is 6.61 Å². The zero-order valence-corrected chi connectivity index (χ0v) is 14.5. The fraction of sp³-hybridized carbons (Fsp3) is 0.562. The normalized spacial score (nSPS) is 18.7. The molecule has 0 amide bonds. The number of rotatable bonds is 4. The van der Waals surface area contributed by atoms with Crippen molar-refractivity contribution in [1.29, 1.82) is 0 Å². The minimum Gasteiger partial charge on any atom is -0.478 e. The van der Waals surface area contributed by atoms with Crippen molar-refractivity contribution in [2.24, 2.45) is 0 Å². The third-order valence-electron chi connectivity index (χ3n) is 3.27. The highest BCUT2D eigenvalue weighted by atomic mass is 79.9. The summed E-state index contributed by atoms with van der Waals surface area (Å²) in [4.78, 5) is 11.6. The zero-order valence-electron chi connectivity index (χ0n) is 13.0. The molecule has 1 atom stereocenters. The van der Waals surface area contributed by atoms with Gasteiger partial charge in [0, 0.05) is 28.5 Å². The van der Waals surface area contributed by atoms with E-state index in [1.54, 1.807) is 0 Å². The van der Waals surface area contributed by atoms with Crippen LogP contribution in [0.3, 0.4) is 0 Å². The Kier molecular flexibility index (Phi) is 4.94. The van der Waals surface area contributed by atoms with E-state index in [2.05, 4.69) is 42.0 Å². The second-order valence-electron chi connectivity index (χ2n) is 6.38. The van der Waals surface area contributed by atoms with Gasteiger partial charge in [-0.25, -0.2) is 4.79 Å². The molecule has 1 unspecified atom stereocenters. The Hall–Kier alpha value is -1.07. The number of carbonyl (C=O) groups excluding carboxylic acids is 1. The van der Waals surface area contributed by atoms with Gasteiger partial charge in [0.25, 0.3) is 0 Å². The molecule has 116 valence electrons. The first-order valence-corrected chi connectivity index (χ1v) is 7.93. The molecule has 4 nitrogen and oxygen atoms in total. The van der Waals surface area contributed by atoms with Gasteiger partial charge in [0.1, 0.15) is 5.75 Å². The Morgan fingerprint density at radius 1 is 1.43 bits per heavy atom. The van der Waals surface area contributed by atoms with Crippen LogP contribution in [0.5, 0.6) is 5.75 Å². The van der Waals surface area contributed by atoms with E-state index < -0.39 is 6.10 Å². The van der Waals surface area contributed by atoms with Crippen LogP contribution in [-0.4, -0.2) is 24.2 Å². The topological polar surface area (TPSA) is 47.6 Å². The van der Waals surface area contributed by atoms with Crippen molar-refractivity contribution in [3.63, 3.8) is 0 Å². The van der Waals surface area contributed by atoms with Gasteiger partial charge >= 0.3 is 5.97 Å². The van der Waals surface area contributed by atoms with Gasteiger partial charge in [0.15, 0.2) is 6.10 Å². The molecule has 1 N–H and O–H groups in total. The third kappa shape index (κ3) is 4.45. The quantitative estimate of drug-likeness (QED) is 0.841. The third-order valence-corrected chi connectivity index (χ3v) is 3.73. The molecule has 0 spiro atoms. The summed E-state index contributed by atoms with van der Waals surface area (Å²) in [6.07, 6.45) is 0.124. The summed E-state index contributed by atoms with van der Waals surface area (Å²) in [6.45, 7) is 9.46. The van der Waals surface area contributed by atoms with Gasteiger partial charge in [-0.1, -0.05) is 15.9 Å². The fourth-order valence-electron chi connectivity index (χ4n) is 2.19. The van der Waals surface area contributed by atoms with Crippen LogP contribution >= 0.6 is 15.9 Å². The Morgan fingerprint density at radius 3 is 2.71 bits per heavy atom. The van der Waals surface area contributed by atoms with Gasteiger partial charge < -0.3 is 14.8 Å². The molecule has 1 fully saturated rings. The average molecular weight is 356 g/mol. The first-order valence-electron chi connectivity index (χ1n) is 7.13. The van der Waals surface area contributed by atoms with Crippen molar-refractivity contribution >= 4 is 21.9 Å². The SMILES string of the molecule is Cc1cc(Br)cc(CNC(C)(C)C)c1OC1CCOC1=O. The van der Waals surface area contributed by atoms with Crippen LogP contribution in [0.2, 0.25) is 0 Å². The minimum atomic E-state index is -0.488.